The second kappa shape index (κ2) is 8.70. The number of hydrogen-bond donors (Lipinski definition) is 1. The molecule has 3 rings (SSSR count). The number of anilines is 2. The molecular formula is C20H27N5O2. The van der Waals surface area contributed by atoms with E-state index in [9.17, 15) is 4.79 Å². The van der Waals surface area contributed by atoms with Crippen LogP contribution >= 0.6 is 0 Å². The number of piperazine rings is 1. The zero-order valence-corrected chi connectivity index (χ0v) is 16.2. The first-order valence-electron chi connectivity index (χ1n) is 9.31. The highest BCUT2D eigenvalue weighted by Gasteiger charge is 2.23. The summed E-state index contributed by atoms with van der Waals surface area (Å²) in [7, 11) is 1.66. The number of rotatable bonds is 6. The lowest BCUT2D eigenvalue weighted by atomic mass is 10.2. The van der Waals surface area contributed by atoms with Crippen LogP contribution in [0.3, 0.4) is 0 Å². The van der Waals surface area contributed by atoms with Gasteiger partial charge >= 0.3 is 0 Å². The van der Waals surface area contributed by atoms with Crippen LogP contribution in [0.4, 0.5) is 11.5 Å². The lowest BCUT2D eigenvalue weighted by molar-refractivity contribution is 0.0740. The van der Waals surface area contributed by atoms with Crippen molar-refractivity contribution in [1.29, 1.82) is 0 Å². The van der Waals surface area contributed by atoms with Crippen molar-refractivity contribution in [1.82, 2.24) is 14.9 Å². The Morgan fingerprint density at radius 3 is 2.48 bits per heavy atom. The van der Waals surface area contributed by atoms with Gasteiger partial charge in [0, 0.05) is 44.5 Å². The number of carbonyl (C=O) groups is 1. The van der Waals surface area contributed by atoms with Crippen molar-refractivity contribution in [3.8, 4) is 5.75 Å². The van der Waals surface area contributed by atoms with Crippen molar-refractivity contribution in [2.45, 2.75) is 13.8 Å². The monoisotopic (exact) mass is 369 g/mol. The standard InChI is InChI=1S/C20H27N5O2/c1-15(2)13-21-19-12-18(22-14-23-19)20(26)25-10-8-24(9-11-25)16-4-6-17(27-3)7-5-16/h4-7,12,14-15H,8-11,13H2,1-3H3,(H,21,22,23). The first kappa shape index (κ1) is 18.9. The fourth-order valence-electron chi connectivity index (χ4n) is 3.00. The summed E-state index contributed by atoms with van der Waals surface area (Å²) in [6.45, 7) is 7.99. The molecule has 2 heterocycles. The summed E-state index contributed by atoms with van der Waals surface area (Å²) in [6.07, 6.45) is 1.45. The van der Waals surface area contributed by atoms with E-state index in [1.54, 1.807) is 13.2 Å². The van der Waals surface area contributed by atoms with E-state index in [-0.39, 0.29) is 5.91 Å². The van der Waals surface area contributed by atoms with Gasteiger partial charge in [0.1, 0.15) is 23.6 Å². The number of carbonyl (C=O) groups excluding carboxylic acids is 1. The number of nitrogens with one attached hydrogen (secondary N) is 1. The molecule has 0 bridgehead atoms. The molecule has 1 N–H and O–H groups in total. The number of nitrogens with zero attached hydrogens (tertiary/aromatic N) is 4. The van der Waals surface area contributed by atoms with Crippen LogP contribution in [0.15, 0.2) is 36.7 Å². The van der Waals surface area contributed by atoms with E-state index in [0.717, 1.165) is 31.1 Å². The smallest absolute Gasteiger partial charge is 0.272 e. The molecule has 1 saturated heterocycles. The van der Waals surface area contributed by atoms with Gasteiger partial charge < -0.3 is 19.9 Å². The zero-order chi connectivity index (χ0) is 19.2. The van der Waals surface area contributed by atoms with Gasteiger partial charge in [-0.1, -0.05) is 13.8 Å². The molecule has 1 amide bonds. The summed E-state index contributed by atoms with van der Waals surface area (Å²) < 4.78 is 5.21. The second-order valence-corrected chi connectivity index (χ2v) is 7.04. The number of hydrogen-bond acceptors (Lipinski definition) is 6. The van der Waals surface area contributed by atoms with Crippen molar-refractivity contribution in [2.75, 3.05) is 50.1 Å². The van der Waals surface area contributed by atoms with E-state index >= 15 is 0 Å². The molecule has 0 atom stereocenters. The molecule has 27 heavy (non-hydrogen) atoms. The maximum atomic E-state index is 12.8. The quantitative estimate of drug-likeness (QED) is 0.844. The van der Waals surface area contributed by atoms with Crippen molar-refractivity contribution in [2.24, 2.45) is 5.92 Å². The normalized spacial score (nSPS) is 14.4. The molecule has 0 saturated carbocycles. The molecule has 7 nitrogen and oxygen atoms in total. The Balaban J connectivity index is 1.58. The third-order valence-corrected chi connectivity index (χ3v) is 4.58. The summed E-state index contributed by atoms with van der Waals surface area (Å²) in [4.78, 5) is 25.3. The van der Waals surface area contributed by atoms with E-state index in [0.29, 0.717) is 30.5 Å². The number of ether oxygens (including phenoxy) is 1. The Bertz CT molecular complexity index is 755. The van der Waals surface area contributed by atoms with Crippen LogP contribution in [0.1, 0.15) is 24.3 Å². The molecule has 7 heteroatoms. The number of methoxy groups -OCH3 is 1. The molecule has 1 fully saturated rings. The molecule has 0 unspecified atom stereocenters. The van der Waals surface area contributed by atoms with Crippen LogP contribution in [0.5, 0.6) is 5.75 Å². The topological polar surface area (TPSA) is 70.6 Å². The summed E-state index contributed by atoms with van der Waals surface area (Å²) >= 11 is 0. The minimum absolute atomic E-state index is 0.0422. The Labute approximate surface area is 160 Å². The summed E-state index contributed by atoms with van der Waals surface area (Å²) in [5, 5.41) is 3.24. The maximum Gasteiger partial charge on any atom is 0.272 e. The van der Waals surface area contributed by atoms with Crippen LogP contribution in [-0.4, -0.2) is 60.6 Å². The van der Waals surface area contributed by atoms with E-state index in [1.807, 2.05) is 29.2 Å². The zero-order valence-electron chi connectivity index (χ0n) is 16.2. The van der Waals surface area contributed by atoms with Crippen LogP contribution < -0.4 is 15.0 Å². The van der Waals surface area contributed by atoms with Crippen molar-refractivity contribution >= 4 is 17.4 Å². The SMILES string of the molecule is COc1ccc(N2CCN(C(=O)c3cc(NCC(C)C)ncn3)CC2)cc1. The van der Waals surface area contributed by atoms with E-state index in [2.05, 4.69) is 34.0 Å². The third-order valence-electron chi connectivity index (χ3n) is 4.58. The van der Waals surface area contributed by atoms with Crippen LogP contribution in [0.25, 0.3) is 0 Å². The Morgan fingerprint density at radius 1 is 1.15 bits per heavy atom. The highest BCUT2D eigenvalue weighted by Crippen LogP contribution is 2.21. The van der Waals surface area contributed by atoms with Crippen LogP contribution in [-0.2, 0) is 0 Å². The van der Waals surface area contributed by atoms with Gasteiger partial charge in [0.2, 0.25) is 0 Å². The van der Waals surface area contributed by atoms with Gasteiger partial charge in [0.15, 0.2) is 0 Å². The minimum Gasteiger partial charge on any atom is -0.497 e. The predicted octanol–water partition coefficient (Wildman–Crippen LogP) is 2.52. The van der Waals surface area contributed by atoms with Crippen LogP contribution in [0, 0.1) is 5.92 Å². The third kappa shape index (κ3) is 4.87. The lowest BCUT2D eigenvalue weighted by Gasteiger charge is -2.36. The van der Waals surface area contributed by atoms with Gasteiger partial charge in [-0.2, -0.15) is 0 Å². The fourth-order valence-corrected chi connectivity index (χ4v) is 3.00. The minimum atomic E-state index is -0.0422. The molecule has 1 aromatic carbocycles. The Morgan fingerprint density at radius 2 is 1.85 bits per heavy atom. The number of amides is 1. The molecule has 144 valence electrons. The highest BCUT2D eigenvalue weighted by atomic mass is 16.5. The average molecular weight is 369 g/mol. The van der Waals surface area contributed by atoms with Crippen molar-refractivity contribution in [3.05, 3.63) is 42.4 Å². The molecule has 0 radical (unpaired) electrons. The predicted molar refractivity (Wildman–Crippen MR) is 106 cm³/mol. The maximum absolute atomic E-state index is 12.8. The van der Waals surface area contributed by atoms with Gasteiger partial charge in [0.25, 0.3) is 5.91 Å². The molecule has 1 aromatic heterocycles. The summed E-state index contributed by atoms with van der Waals surface area (Å²) in [5.74, 6) is 2.00. The first-order valence-corrected chi connectivity index (χ1v) is 9.31. The van der Waals surface area contributed by atoms with Gasteiger partial charge in [0.05, 0.1) is 7.11 Å². The van der Waals surface area contributed by atoms with Crippen molar-refractivity contribution < 1.29 is 9.53 Å². The lowest BCUT2D eigenvalue weighted by Crippen LogP contribution is -2.49. The highest BCUT2D eigenvalue weighted by molar-refractivity contribution is 5.93. The first-order chi connectivity index (χ1) is 13.1. The Hall–Kier alpha value is -2.83. The largest absolute Gasteiger partial charge is 0.497 e. The molecular weight excluding hydrogens is 342 g/mol. The van der Waals surface area contributed by atoms with Gasteiger partial charge in [-0.05, 0) is 30.2 Å². The van der Waals surface area contributed by atoms with Gasteiger partial charge in [-0.3, -0.25) is 4.79 Å². The van der Waals surface area contributed by atoms with E-state index < -0.39 is 0 Å². The molecule has 0 aliphatic carbocycles. The molecule has 1 aliphatic heterocycles. The number of aromatic nitrogens is 2. The molecule has 1 aliphatic rings. The Kier molecular flexibility index (Phi) is 6.11. The number of benzene rings is 1. The molecule has 0 spiro atoms. The molecule has 2 aromatic rings. The van der Waals surface area contributed by atoms with Crippen molar-refractivity contribution in [3.63, 3.8) is 0 Å². The van der Waals surface area contributed by atoms with Gasteiger partial charge in [-0.25, -0.2) is 9.97 Å². The van der Waals surface area contributed by atoms with Crippen LogP contribution in [0.2, 0.25) is 0 Å². The fraction of sp³-hybridized carbons (Fsp3) is 0.450. The summed E-state index contributed by atoms with van der Waals surface area (Å²) in [5.41, 5.74) is 1.58. The van der Waals surface area contributed by atoms with Gasteiger partial charge in [-0.15, -0.1) is 0 Å². The second-order valence-electron chi connectivity index (χ2n) is 7.04. The summed E-state index contributed by atoms with van der Waals surface area (Å²) in [6, 6.07) is 9.75. The van der Waals surface area contributed by atoms with E-state index in [4.69, 9.17) is 4.74 Å². The van der Waals surface area contributed by atoms with E-state index in [1.165, 1.54) is 6.33 Å². The average Bonchev–Trinajstić information content (AvgIpc) is 2.72.